The number of carbonyl (C=O) groups is 1. The molecule has 0 aliphatic carbocycles. The number of H-pyrrole nitrogens is 1. The Balaban J connectivity index is 1.72. The first kappa shape index (κ1) is 28.2. The van der Waals surface area contributed by atoms with Crippen molar-refractivity contribution >= 4 is 28.3 Å². The molecule has 1 aliphatic rings. The van der Waals surface area contributed by atoms with Gasteiger partial charge in [0.25, 0.3) is 5.56 Å². The Labute approximate surface area is 230 Å². The van der Waals surface area contributed by atoms with E-state index in [1.54, 1.807) is 11.0 Å². The van der Waals surface area contributed by atoms with Crippen LogP contribution in [0.25, 0.3) is 16.6 Å². The molecule has 2 aromatic heterocycles. The lowest BCUT2D eigenvalue weighted by Gasteiger charge is -2.33. The molecule has 0 saturated carbocycles. The summed E-state index contributed by atoms with van der Waals surface area (Å²) in [5, 5.41) is 9.46. The van der Waals surface area contributed by atoms with Crippen LogP contribution in [0, 0.1) is 0 Å². The number of hydrogen-bond acceptors (Lipinski definition) is 5. The van der Waals surface area contributed by atoms with E-state index < -0.39 is 5.60 Å². The van der Waals surface area contributed by atoms with E-state index >= 15 is 0 Å². The fourth-order valence-electron chi connectivity index (χ4n) is 5.04. The number of carbonyl (C=O) groups excluding carboxylic acids is 1. The third-order valence-electron chi connectivity index (χ3n) is 7.18. The van der Waals surface area contributed by atoms with Gasteiger partial charge in [-0.1, -0.05) is 31.2 Å². The Bertz CT molecular complexity index is 1510. The second-order valence-corrected chi connectivity index (χ2v) is 11.3. The molecule has 0 atom stereocenters. The summed E-state index contributed by atoms with van der Waals surface area (Å²) in [6.07, 6.45) is 8.24. The number of aromatic nitrogens is 3. The molecule has 0 radical (unpaired) electrons. The van der Waals surface area contributed by atoms with Crippen LogP contribution < -0.4 is 10.9 Å². The highest BCUT2D eigenvalue weighted by Crippen LogP contribution is 2.33. The Kier molecular flexibility index (Phi) is 8.33. The van der Waals surface area contributed by atoms with Gasteiger partial charge in [-0.15, -0.1) is 0 Å². The Morgan fingerprint density at radius 2 is 1.95 bits per heavy atom. The van der Waals surface area contributed by atoms with Gasteiger partial charge in [0.2, 0.25) is 0 Å². The number of nitrogens with zero attached hydrogens (tertiary/aromatic N) is 3. The summed E-state index contributed by atoms with van der Waals surface area (Å²) in [7, 11) is 0. The lowest BCUT2D eigenvalue weighted by molar-refractivity contribution is 0.0203. The lowest BCUT2D eigenvalue weighted by atomic mass is 9.93. The highest BCUT2D eigenvalue weighted by molar-refractivity contribution is 6.02. The van der Waals surface area contributed by atoms with Crippen LogP contribution in [0.2, 0.25) is 0 Å². The molecule has 8 nitrogen and oxygen atoms in total. The first-order valence-electron chi connectivity index (χ1n) is 13.8. The molecule has 0 unspecified atom stereocenters. The zero-order valence-electron chi connectivity index (χ0n) is 24.2. The second-order valence-electron chi connectivity index (χ2n) is 11.3. The molecule has 0 spiro atoms. The topological polar surface area (TPSA) is 91.7 Å². The smallest absolute Gasteiger partial charge is 0.410 e. The number of amides is 1. The highest BCUT2D eigenvalue weighted by Gasteiger charge is 2.29. The van der Waals surface area contributed by atoms with Crippen molar-refractivity contribution in [3.8, 4) is 0 Å². The molecule has 1 aromatic carbocycles. The van der Waals surface area contributed by atoms with Gasteiger partial charge in [-0.3, -0.25) is 4.79 Å². The van der Waals surface area contributed by atoms with Gasteiger partial charge in [-0.2, -0.15) is 5.10 Å². The van der Waals surface area contributed by atoms with Crippen molar-refractivity contribution in [2.45, 2.75) is 79.2 Å². The van der Waals surface area contributed by atoms with E-state index in [1.165, 1.54) is 5.57 Å². The molecule has 3 aromatic rings. The summed E-state index contributed by atoms with van der Waals surface area (Å²) < 4.78 is 7.43. The van der Waals surface area contributed by atoms with Crippen molar-refractivity contribution in [1.82, 2.24) is 19.5 Å². The maximum atomic E-state index is 12.9. The Morgan fingerprint density at radius 3 is 2.59 bits per heavy atom. The average molecular weight is 532 g/mol. The van der Waals surface area contributed by atoms with Gasteiger partial charge < -0.3 is 19.9 Å². The van der Waals surface area contributed by atoms with Crippen molar-refractivity contribution in [2.75, 3.05) is 18.4 Å². The average Bonchev–Trinajstić information content (AvgIpc) is 3.27. The summed E-state index contributed by atoms with van der Waals surface area (Å²) in [5.74, 6) is 0.100. The Hall–Kier alpha value is -3.81. The van der Waals surface area contributed by atoms with Crippen molar-refractivity contribution < 1.29 is 9.53 Å². The van der Waals surface area contributed by atoms with E-state index in [4.69, 9.17) is 9.84 Å². The van der Waals surface area contributed by atoms with Gasteiger partial charge in [-0.25, -0.2) is 9.31 Å². The van der Waals surface area contributed by atoms with Crippen LogP contribution in [0.5, 0.6) is 0 Å². The number of allylic oxidation sites excluding steroid dienone is 5. The summed E-state index contributed by atoms with van der Waals surface area (Å²) in [6.45, 7) is 15.1. The summed E-state index contributed by atoms with van der Waals surface area (Å²) in [6, 6.07) is 7.63. The minimum atomic E-state index is -0.528. The summed E-state index contributed by atoms with van der Waals surface area (Å²) in [5.41, 5.74) is 5.99. The number of anilines is 1. The number of fused-ring (bicyclic) bond motifs is 3. The monoisotopic (exact) mass is 531 g/mol. The first-order chi connectivity index (χ1) is 18.5. The maximum absolute atomic E-state index is 12.9. The third-order valence-corrected chi connectivity index (χ3v) is 7.18. The molecule has 8 heteroatoms. The van der Waals surface area contributed by atoms with Gasteiger partial charge in [-0.05, 0) is 84.1 Å². The second kappa shape index (κ2) is 11.5. The number of benzene rings is 1. The molecule has 1 fully saturated rings. The van der Waals surface area contributed by atoms with E-state index in [9.17, 15) is 9.59 Å². The molecule has 2 N–H and O–H groups in total. The minimum absolute atomic E-state index is 0.100. The summed E-state index contributed by atoms with van der Waals surface area (Å²) in [4.78, 5) is 30.3. The molecule has 3 heterocycles. The van der Waals surface area contributed by atoms with Gasteiger partial charge in [0.15, 0.2) is 0 Å². The number of hydrogen-bond donors (Lipinski definition) is 2. The maximum Gasteiger partial charge on any atom is 0.410 e. The van der Waals surface area contributed by atoms with Crippen LogP contribution in [0.15, 0.2) is 64.1 Å². The van der Waals surface area contributed by atoms with Crippen molar-refractivity contribution in [3.05, 3.63) is 75.4 Å². The van der Waals surface area contributed by atoms with E-state index in [1.807, 2.05) is 62.6 Å². The number of ether oxygens (including phenoxy) is 1. The van der Waals surface area contributed by atoms with Crippen LogP contribution in [0.3, 0.4) is 0 Å². The van der Waals surface area contributed by atoms with Crippen LogP contribution in [-0.4, -0.2) is 44.3 Å². The Morgan fingerprint density at radius 1 is 1.23 bits per heavy atom. The van der Waals surface area contributed by atoms with Gasteiger partial charge >= 0.3 is 6.09 Å². The first-order valence-corrected chi connectivity index (χ1v) is 13.8. The van der Waals surface area contributed by atoms with Crippen molar-refractivity contribution in [1.29, 1.82) is 0 Å². The van der Waals surface area contributed by atoms with E-state index in [-0.39, 0.29) is 17.6 Å². The molecule has 1 amide bonds. The van der Waals surface area contributed by atoms with Crippen molar-refractivity contribution in [3.63, 3.8) is 0 Å². The molecule has 208 valence electrons. The quantitative estimate of drug-likeness (QED) is 0.337. The molecule has 39 heavy (non-hydrogen) atoms. The van der Waals surface area contributed by atoms with E-state index in [0.717, 1.165) is 52.8 Å². The largest absolute Gasteiger partial charge is 0.444 e. The SMILES string of the molecule is C/C=C\C=C(\C)C(Nc1cccc2nn3c(C4CCN(C(=O)OC(C)(C)C)CC4)cc(=O)[nH]c3c12)=C(C)CC. The fraction of sp³-hybridized carbons (Fsp3) is 0.452. The number of likely N-dealkylation sites (tertiary alicyclic amines) is 1. The molecular formula is C31H41N5O3. The van der Waals surface area contributed by atoms with Crippen LogP contribution in [-0.2, 0) is 4.74 Å². The predicted molar refractivity (Wildman–Crippen MR) is 158 cm³/mol. The highest BCUT2D eigenvalue weighted by atomic mass is 16.6. The number of rotatable bonds is 6. The predicted octanol–water partition coefficient (Wildman–Crippen LogP) is 6.91. The number of aromatic amines is 1. The molecule has 1 saturated heterocycles. The van der Waals surface area contributed by atoms with E-state index in [2.05, 4.69) is 37.1 Å². The zero-order chi connectivity index (χ0) is 28.3. The fourth-order valence-corrected chi connectivity index (χ4v) is 5.04. The van der Waals surface area contributed by atoms with Crippen LogP contribution >= 0.6 is 0 Å². The number of piperidine rings is 1. The van der Waals surface area contributed by atoms with Gasteiger partial charge in [0.05, 0.1) is 22.3 Å². The lowest BCUT2D eigenvalue weighted by Crippen LogP contribution is -2.41. The molecule has 0 bridgehead atoms. The number of nitrogens with one attached hydrogen (secondary N) is 2. The zero-order valence-corrected chi connectivity index (χ0v) is 24.2. The van der Waals surface area contributed by atoms with Crippen molar-refractivity contribution in [2.24, 2.45) is 0 Å². The molecule has 4 rings (SSSR count). The third kappa shape index (κ3) is 6.27. The normalized spacial score (nSPS) is 16.3. The summed E-state index contributed by atoms with van der Waals surface area (Å²) >= 11 is 0. The molecule has 1 aliphatic heterocycles. The standard InChI is InChI=1S/C31H41N5O3/c1-8-10-12-21(4)28(20(3)9-2)32-23-13-11-14-24-27(23)29-33-26(37)19-25(36(29)34-24)22-15-17-35(18-16-22)30(38)39-31(5,6)7/h8,10-14,19,22,32H,9,15-18H2,1-7H3,(H,33,37)/b10-8-,21-12-,28-20?. The van der Waals surface area contributed by atoms with Crippen LogP contribution in [0.4, 0.5) is 10.5 Å². The molecular weight excluding hydrogens is 490 g/mol. The minimum Gasteiger partial charge on any atom is -0.444 e. The van der Waals surface area contributed by atoms with Crippen LogP contribution in [0.1, 0.15) is 79.3 Å². The van der Waals surface area contributed by atoms with E-state index in [0.29, 0.717) is 18.7 Å². The van der Waals surface area contributed by atoms with Gasteiger partial charge in [0, 0.05) is 30.8 Å². The van der Waals surface area contributed by atoms with Gasteiger partial charge in [0.1, 0.15) is 11.2 Å².